The van der Waals surface area contributed by atoms with E-state index >= 15 is 0 Å². The van der Waals surface area contributed by atoms with Gasteiger partial charge in [0, 0.05) is 23.2 Å². The second-order valence-electron chi connectivity index (χ2n) is 10.1. The Morgan fingerprint density at radius 2 is 1.64 bits per heavy atom. The molecule has 0 amide bonds. The van der Waals surface area contributed by atoms with Gasteiger partial charge in [0.1, 0.15) is 0 Å². The van der Waals surface area contributed by atoms with E-state index in [4.69, 9.17) is 4.84 Å². The predicted octanol–water partition coefficient (Wildman–Crippen LogP) is 4.69. The molecule has 1 fully saturated rings. The molecule has 2 heterocycles. The molecule has 1 saturated heterocycles. The number of nitrogens with zero attached hydrogens (tertiary/aromatic N) is 3. The molecule has 8 nitrogen and oxygen atoms in total. The summed E-state index contributed by atoms with van der Waals surface area (Å²) in [7, 11) is -3.94. The molecule has 0 unspecified atom stereocenters. The van der Waals surface area contributed by atoms with Gasteiger partial charge in [-0.25, -0.2) is 8.42 Å². The zero-order chi connectivity index (χ0) is 24.0. The first-order chi connectivity index (χ1) is 15.4. The zero-order valence-corrected chi connectivity index (χ0v) is 20.3. The van der Waals surface area contributed by atoms with E-state index in [0.717, 1.165) is 24.8 Å². The maximum atomic E-state index is 13.7. The number of anilines is 1. The largest absolute Gasteiger partial charge is 0.296 e. The minimum atomic E-state index is -3.94. The second kappa shape index (κ2) is 8.38. The number of non-ortho nitro benzene ring substituents is 1. The van der Waals surface area contributed by atoms with E-state index in [1.165, 1.54) is 28.6 Å². The van der Waals surface area contributed by atoms with Gasteiger partial charge in [0.05, 0.1) is 28.2 Å². The predicted molar refractivity (Wildman–Crippen MR) is 126 cm³/mol. The Balaban J connectivity index is 1.65. The Labute approximate surface area is 195 Å². The molecule has 0 aromatic heterocycles. The third-order valence-corrected chi connectivity index (χ3v) is 8.57. The number of fused-ring (bicyclic) bond motifs is 1. The monoisotopic (exact) mass is 473 g/mol. The minimum Gasteiger partial charge on any atom is -0.296 e. The lowest BCUT2D eigenvalue weighted by Gasteiger charge is -2.51. The van der Waals surface area contributed by atoms with Gasteiger partial charge in [-0.1, -0.05) is 18.2 Å². The van der Waals surface area contributed by atoms with Crippen molar-refractivity contribution in [3.05, 3.63) is 64.2 Å². The van der Waals surface area contributed by atoms with Crippen molar-refractivity contribution in [2.45, 2.75) is 75.4 Å². The first-order valence-electron chi connectivity index (χ1n) is 11.2. The third-order valence-electron chi connectivity index (χ3n) is 6.69. The summed E-state index contributed by atoms with van der Waals surface area (Å²) in [6.45, 7) is 8.84. The van der Waals surface area contributed by atoms with E-state index in [-0.39, 0.29) is 28.3 Å². The second-order valence-corrected chi connectivity index (χ2v) is 11.9. The number of piperidine rings is 1. The van der Waals surface area contributed by atoms with Crippen molar-refractivity contribution >= 4 is 21.4 Å². The number of nitro benzene ring substituents is 1. The highest BCUT2D eigenvalue weighted by Gasteiger charge is 2.44. The molecule has 1 atom stereocenters. The molecule has 2 aliphatic heterocycles. The molecule has 2 aromatic carbocycles. The van der Waals surface area contributed by atoms with Crippen LogP contribution < -0.4 is 4.31 Å². The number of rotatable bonds is 6. The Hall–Kier alpha value is -2.49. The van der Waals surface area contributed by atoms with E-state index in [9.17, 15) is 18.5 Å². The van der Waals surface area contributed by atoms with Gasteiger partial charge in [-0.15, -0.1) is 0 Å². The average Bonchev–Trinajstić information content (AvgIpc) is 3.11. The van der Waals surface area contributed by atoms with E-state index in [2.05, 4.69) is 27.7 Å². The Bertz CT molecular complexity index is 1130. The maximum absolute atomic E-state index is 13.7. The molecule has 9 heteroatoms. The molecule has 0 aliphatic carbocycles. The summed E-state index contributed by atoms with van der Waals surface area (Å²) in [6, 6.07) is 12.1. The van der Waals surface area contributed by atoms with Crippen molar-refractivity contribution in [3.8, 4) is 0 Å². The van der Waals surface area contributed by atoms with Crippen LogP contribution in [0.3, 0.4) is 0 Å². The number of sulfonamides is 1. The molecule has 2 aromatic rings. The number of hydroxylamine groups is 2. The molecule has 4 rings (SSSR count). The van der Waals surface area contributed by atoms with Crippen LogP contribution in [0, 0.1) is 10.1 Å². The Morgan fingerprint density at radius 3 is 2.24 bits per heavy atom. The van der Waals surface area contributed by atoms with Gasteiger partial charge in [0.2, 0.25) is 0 Å². The number of hydrogen-bond acceptors (Lipinski definition) is 6. The van der Waals surface area contributed by atoms with Gasteiger partial charge >= 0.3 is 0 Å². The number of hydrogen-bond donors (Lipinski definition) is 0. The van der Waals surface area contributed by atoms with E-state index in [1.807, 2.05) is 23.3 Å². The normalized spacial score (nSPS) is 22.2. The molecule has 0 spiro atoms. The van der Waals surface area contributed by atoms with Crippen LogP contribution in [0.1, 0.15) is 52.5 Å². The number of para-hydroxylation sites is 1. The third kappa shape index (κ3) is 4.37. The molecule has 2 aliphatic rings. The van der Waals surface area contributed by atoms with Crippen molar-refractivity contribution in [3.63, 3.8) is 0 Å². The summed E-state index contributed by atoms with van der Waals surface area (Å²) in [6.07, 6.45) is 3.67. The molecule has 0 saturated carbocycles. The van der Waals surface area contributed by atoms with Crippen LogP contribution in [0.25, 0.3) is 0 Å². The van der Waals surface area contributed by atoms with Crippen LogP contribution in [0.4, 0.5) is 11.4 Å². The average molecular weight is 474 g/mol. The van der Waals surface area contributed by atoms with Gasteiger partial charge in [0.25, 0.3) is 15.7 Å². The summed E-state index contributed by atoms with van der Waals surface area (Å²) in [4.78, 5) is 16.9. The highest BCUT2D eigenvalue weighted by Crippen LogP contribution is 2.40. The Morgan fingerprint density at radius 1 is 1.03 bits per heavy atom. The molecular weight excluding hydrogens is 442 g/mol. The molecule has 0 bridgehead atoms. The summed E-state index contributed by atoms with van der Waals surface area (Å²) in [5, 5.41) is 13.0. The summed E-state index contributed by atoms with van der Waals surface area (Å²) in [5.41, 5.74) is 1.10. The van der Waals surface area contributed by atoms with Crippen LogP contribution in [0.15, 0.2) is 53.4 Å². The van der Waals surface area contributed by atoms with Crippen molar-refractivity contribution in [2.24, 2.45) is 0 Å². The summed E-state index contributed by atoms with van der Waals surface area (Å²) < 4.78 is 28.8. The van der Waals surface area contributed by atoms with Crippen LogP contribution >= 0.6 is 0 Å². The highest BCUT2D eigenvalue weighted by atomic mass is 32.2. The first-order valence-corrected chi connectivity index (χ1v) is 12.7. The van der Waals surface area contributed by atoms with Crippen LogP contribution in [-0.4, -0.2) is 42.1 Å². The van der Waals surface area contributed by atoms with Crippen molar-refractivity contribution in [2.75, 3.05) is 10.9 Å². The van der Waals surface area contributed by atoms with Crippen LogP contribution in [0.2, 0.25) is 0 Å². The zero-order valence-electron chi connectivity index (χ0n) is 19.5. The fourth-order valence-electron chi connectivity index (χ4n) is 5.22. The Kier molecular flexibility index (Phi) is 6.01. The first kappa shape index (κ1) is 23.7. The molecule has 178 valence electrons. The lowest BCUT2D eigenvalue weighted by molar-refractivity contribution is -0.384. The van der Waals surface area contributed by atoms with E-state index in [1.54, 1.807) is 6.07 Å². The maximum Gasteiger partial charge on any atom is 0.269 e. The van der Waals surface area contributed by atoms with Crippen molar-refractivity contribution in [1.82, 2.24) is 5.06 Å². The van der Waals surface area contributed by atoms with Gasteiger partial charge in [0.15, 0.2) is 0 Å². The summed E-state index contributed by atoms with van der Waals surface area (Å²) in [5.74, 6) is 0. The topological polar surface area (TPSA) is 93.0 Å². The quantitative estimate of drug-likeness (QED) is 0.446. The molecule has 33 heavy (non-hydrogen) atoms. The SMILES string of the molecule is CC1(C)CCCC(C)(C)N1OC[C@@H]1Cc2ccccc2N1S(=O)(=O)c1ccc([N+](=O)[O-])cc1. The standard InChI is InChI=1S/C24H31N3O5S/c1-23(2)14-7-15-24(3,4)27(23)32-17-20-16-18-8-5-6-9-22(18)25(20)33(30,31)21-12-10-19(11-13-21)26(28)29/h5-6,8-13,20H,7,14-17H2,1-4H3/t20-/m0/s1. The van der Waals surface area contributed by atoms with Crippen LogP contribution in [-0.2, 0) is 21.3 Å². The van der Waals surface area contributed by atoms with E-state index in [0.29, 0.717) is 12.1 Å². The highest BCUT2D eigenvalue weighted by molar-refractivity contribution is 7.92. The molecule has 0 radical (unpaired) electrons. The lowest BCUT2D eigenvalue weighted by atomic mass is 9.82. The van der Waals surface area contributed by atoms with E-state index < -0.39 is 21.0 Å². The molecular formula is C24H31N3O5S. The fourth-order valence-corrected chi connectivity index (χ4v) is 6.90. The van der Waals surface area contributed by atoms with Gasteiger partial charge in [-0.3, -0.25) is 19.3 Å². The molecule has 0 N–H and O–H groups in total. The van der Waals surface area contributed by atoms with Gasteiger partial charge < -0.3 is 0 Å². The van der Waals surface area contributed by atoms with Gasteiger partial charge in [-0.05, 0) is 77.1 Å². The minimum absolute atomic E-state index is 0.0217. The fraction of sp³-hybridized carbons (Fsp3) is 0.500. The van der Waals surface area contributed by atoms with Crippen LogP contribution in [0.5, 0.6) is 0 Å². The summed E-state index contributed by atoms with van der Waals surface area (Å²) >= 11 is 0. The number of benzene rings is 2. The van der Waals surface area contributed by atoms with Crippen molar-refractivity contribution < 1.29 is 18.2 Å². The van der Waals surface area contributed by atoms with Crippen molar-refractivity contribution in [1.29, 1.82) is 0 Å². The van der Waals surface area contributed by atoms with Gasteiger partial charge in [-0.2, -0.15) is 5.06 Å². The smallest absolute Gasteiger partial charge is 0.269 e. The number of nitro groups is 1. The lowest BCUT2D eigenvalue weighted by Crippen LogP contribution is -2.59.